The molecule has 0 fully saturated rings. The first-order chi connectivity index (χ1) is 7.50. The quantitative estimate of drug-likeness (QED) is 0.589. The van der Waals surface area contributed by atoms with Crippen LogP contribution < -0.4 is 4.74 Å². The van der Waals surface area contributed by atoms with Crippen LogP contribution in [-0.4, -0.2) is 25.4 Å². The lowest BCUT2D eigenvalue weighted by atomic mass is 10.2. The van der Waals surface area contributed by atoms with Gasteiger partial charge in [0.1, 0.15) is 5.75 Å². The van der Waals surface area contributed by atoms with Crippen molar-refractivity contribution < 1.29 is 19.0 Å². The normalized spacial score (nSPS) is 11.2. The van der Waals surface area contributed by atoms with Crippen molar-refractivity contribution in [3.05, 3.63) is 29.8 Å². The minimum atomic E-state index is -1.15. The lowest BCUT2D eigenvalue weighted by Gasteiger charge is -2.26. The summed E-state index contributed by atoms with van der Waals surface area (Å²) in [6.45, 7) is 1.63. The maximum Gasteiger partial charge on any atom is 0.323 e. The summed E-state index contributed by atoms with van der Waals surface area (Å²) in [6.07, 6.45) is 0. The fourth-order valence-electron chi connectivity index (χ4n) is 1.03. The molecule has 0 saturated heterocycles. The van der Waals surface area contributed by atoms with Gasteiger partial charge in [-0.25, -0.2) is 0 Å². The van der Waals surface area contributed by atoms with E-state index in [4.69, 9.17) is 25.8 Å². The maximum atomic E-state index is 10.8. The highest BCUT2D eigenvalue weighted by Crippen LogP contribution is 2.20. The molecule has 0 aliphatic rings. The first-order valence-corrected chi connectivity index (χ1v) is 4.98. The molecule has 0 aliphatic heterocycles. The van der Waals surface area contributed by atoms with Crippen LogP contribution in [0.5, 0.6) is 5.75 Å². The van der Waals surface area contributed by atoms with E-state index < -0.39 is 11.2 Å². The molecule has 0 aliphatic carbocycles. The third kappa shape index (κ3) is 3.20. The van der Waals surface area contributed by atoms with Crippen LogP contribution in [0.15, 0.2) is 24.3 Å². The van der Waals surface area contributed by atoms with Crippen molar-refractivity contribution in [1.82, 2.24) is 0 Å². The number of carbonyl (C=O) groups excluding carboxylic acids is 1. The molecule has 0 spiro atoms. The Morgan fingerprint density at radius 1 is 1.19 bits per heavy atom. The Labute approximate surface area is 99.1 Å². The molecule has 1 aromatic rings. The molecule has 0 amide bonds. The Morgan fingerprint density at radius 3 is 2.06 bits per heavy atom. The van der Waals surface area contributed by atoms with Crippen LogP contribution in [0.1, 0.15) is 17.3 Å². The summed E-state index contributed by atoms with van der Waals surface area (Å²) in [5.74, 6) is -0.625. The van der Waals surface area contributed by atoms with Crippen LogP contribution in [-0.2, 0) is 9.47 Å². The van der Waals surface area contributed by atoms with Gasteiger partial charge in [0.15, 0.2) is 0 Å². The molecule has 0 bridgehead atoms. The van der Waals surface area contributed by atoms with Crippen LogP contribution in [0, 0.1) is 0 Å². The number of hydrogen-bond donors (Lipinski definition) is 0. The van der Waals surface area contributed by atoms with Crippen molar-refractivity contribution in [2.75, 3.05) is 14.2 Å². The van der Waals surface area contributed by atoms with E-state index in [-0.39, 0.29) is 0 Å². The van der Waals surface area contributed by atoms with Crippen molar-refractivity contribution in [2.24, 2.45) is 0 Å². The number of halogens is 1. The molecule has 0 aromatic heterocycles. The Morgan fingerprint density at radius 2 is 1.69 bits per heavy atom. The Kier molecular flexibility index (Phi) is 4.29. The smallest absolute Gasteiger partial charge is 0.323 e. The molecule has 5 heteroatoms. The third-order valence-electron chi connectivity index (χ3n) is 2.13. The first kappa shape index (κ1) is 13.0. The van der Waals surface area contributed by atoms with E-state index in [2.05, 4.69) is 0 Å². The maximum absolute atomic E-state index is 10.8. The van der Waals surface area contributed by atoms with Gasteiger partial charge in [0, 0.05) is 26.7 Å². The van der Waals surface area contributed by atoms with E-state index in [0.717, 1.165) is 0 Å². The molecule has 4 nitrogen and oxygen atoms in total. The van der Waals surface area contributed by atoms with Crippen LogP contribution >= 0.6 is 11.6 Å². The highest BCUT2D eigenvalue weighted by Gasteiger charge is 2.25. The number of carbonyl (C=O) groups is 1. The van der Waals surface area contributed by atoms with E-state index in [0.29, 0.717) is 11.3 Å². The van der Waals surface area contributed by atoms with Crippen molar-refractivity contribution in [2.45, 2.75) is 12.9 Å². The predicted octanol–water partition coefficient (Wildman–Crippen LogP) is 2.41. The monoisotopic (exact) mass is 244 g/mol. The zero-order chi connectivity index (χ0) is 12.2. The summed E-state index contributed by atoms with van der Waals surface area (Å²) in [7, 11) is 2.94. The second kappa shape index (κ2) is 5.30. The number of ether oxygens (including phenoxy) is 3. The Hall–Kier alpha value is -1.10. The van der Waals surface area contributed by atoms with Crippen molar-refractivity contribution >= 4 is 16.8 Å². The molecular weight excluding hydrogens is 232 g/mol. The van der Waals surface area contributed by atoms with Crippen molar-refractivity contribution in [3.63, 3.8) is 0 Å². The summed E-state index contributed by atoms with van der Waals surface area (Å²) < 4.78 is 15.5. The van der Waals surface area contributed by atoms with Crippen LogP contribution in [0.3, 0.4) is 0 Å². The van der Waals surface area contributed by atoms with Gasteiger partial charge in [-0.15, -0.1) is 0 Å². The topological polar surface area (TPSA) is 44.8 Å². The molecule has 0 saturated carbocycles. The Bertz CT molecular complexity index is 357. The summed E-state index contributed by atoms with van der Waals surface area (Å²) in [5.41, 5.74) is 0.408. The first-order valence-electron chi connectivity index (χ1n) is 4.60. The van der Waals surface area contributed by atoms with E-state index >= 15 is 0 Å². The molecule has 88 valence electrons. The lowest BCUT2D eigenvalue weighted by Crippen LogP contribution is -2.36. The number of rotatable bonds is 5. The number of hydrogen-bond acceptors (Lipinski definition) is 4. The van der Waals surface area contributed by atoms with Crippen molar-refractivity contribution in [3.8, 4) is 5.75 Å². The molecular formula is C11H13ClO4. The summed E-state index contributed by atoms with van der Waals surface area (Å²) in [4.78, 5) is 10.8. The van der Waals surface area contributed by atoms with Gasteiger partial charge in [0.2, 0.25) is 0 Å². The fraction of sp³-hybridized carbons (Fsp3) is 0.364. The average Bonchev–Trinajstić information content (AvgIpc) is 2.29. The van der Waals surface area contributed by atoms with E-state index in [1.165, 1.54) is 14.2 Å². The molecule has 0 atom stereocenters. The molecule has 1 aromatic carbocycles. The zero-order valence-electron chi connectivity index (χ0n) is 9.32. The molecule has 0 N–H and O–H groups in total. The Balaban J connectivity index is 2.79. The minimum Gasteiger partial charge on any atom is -0.439 e. The fourth-order valence-corrected chi connectivity index (χ4v) is 1.16. The second-order valence-electron chi connectivity index (χ2n) is 3.17. The zero-order valence-corrected chi connectivity index (χ0v) is 10.1. The third-order valence-corrected chi connectivity index (χ3v) is 2.34. The highest BCUT2D eigenvalue weighted by atomic mass is 35.5. The van der Waals surface area contributed by atoms with Crippen LogP contribution in [0.2, 0.25) is 0 Å². The van der Waals surface area contributed by atoms with Gasteiger partial charge in [-0.05, 0) is 35.9 Å². The number of methoxy groups -OCH3 is 2. The number of benzene rings is 1. The van der Waals surface area contributed by atoms with Gasteiger partial charge in [0.05, 0.1) is 0 Å². The molecule has 16 heavy (non-hydrogen) atoms. The van der Waals surface area contributed by atoms with E-state index in [9.17, 15) is 4.79 Å². The molecule has 0 radical (unpaired) electrons. The van der Waals surface area contributed by atoms with E-state index in [1.807, 2.05) is 0 Å². The lowest BCUT2D eigenvalue weighted by molar-refractivity contribution is -0.309. The van der Waals surface area contributed by atoms with Gasteiger partial charge in [-0.3, -0.25) is 4.79 Å². The largest absolute Gasteiger partial charge is 0.439 e. The predicted molar refractivity (Wildman–Crippen MR) is 59.7 cm³/mol. The second-order valence-corrected chi connectivity index (χ2v) is 3.51. The van der Waals surface area contributed by atoms with Crippen LogP contribution in [0.25, 0.3) is 0 Å². The summed E-state index contributed by atoms with van der Waals surface area (Å²) in [6, 6.07) is 6.37. The van der Waals surface area contributed by atoms with Crippen molar-refractivity contribution in [1.29, 1.82) is 0 Å². The van der Waals surface area contributed by atoms with Gasteiger partial charge in [-0.1, -0.05) is 0 Å². The standard InChI is InChI=1S/C11H13ClO4/c1-11(14-2,15-3)16-9-6-4-8(5-7-9)10(12)13/h4-7H,1-3H3. The van der Waals surface area contributed by atoms with Gasteiger partial charge in [-0.2, -0.15) is 0 Å². The summed E-state index contributed by atoms with van der Waals surface area (Å²) in [5, 5.41) is -0.507. The highest BCUT2D eigenvalue weighted by molar-refractivity contribution is 6.67. The molecule has 0 unspecified atom stereocenters. The minimum absolute atomic E-state index is 0.408. The van der Waals surface area contributed by atoms with Crippen LogP contribution in [0.4, 0.5) is 0 Å². The average molecular weight is 245 g/mol. The molecule has 1 rings (SSSR count). The van der Waals surface area contributed by atoms with Gasteiger partial charge < -0.3 is 14.2 Å². The van der Waals surface area contributed by atoms with Gasteiger partial charge >= 0.3 is 5.97 Å². The van der Waals surface area contributed by atoms with E-state index in [1.54, 1.807) is 31.2 Å². The SMILES string of the molecule is COC(C)(OC)Oc1ccc(C(=O)Cl)cc1. The van der Waals surface area contributed by atoms with Gasteiger partial charge in [0.25, 0.3) is 5.24 Å². The molecule has 0 heterocycles. The summed E-state index contributed by atoms with van der Waals surface area (Å²) >= 11 is 5.31.